The molecule has 0 aliphatic heterocycles. The zero-order chi connectivity index (χ0) is 14.9. The highest BCUT2D eigenvalue weighted by Gasteiger charge is 2.04. The highest BCUT2D eigenvalue weighted by atomic mass is 14.9. The second-order valence-electron chi connectivity index (χ2n) is 5.65. The molecule has 0 spiro atoms. The molecular weight excluding hydrogens is 256 g/mol. The summed E-state index contributed by atoms with van der Waals surface area (Å²) in [5.74, 6) is 0. The number of hydrogen-bond acceptors (Lipinski definition) is 2. The number of nitrogens with one attached hydrogen (secondary N) is 1. The average molecular weight is 282 g/mol. The Morgan fingerprint density at radius 1 is 0.905 bits per heavy atom. The summed E-state index contributed by atoms with van der Waals surface area (Å²) >= 11 is 0. The van der Waals surface area contributed by atoms with Crippen LogP contribution in [0.1, 0.15) is 23.6 Å². The minimum Gasteiger partial charge on any atom is -0.330 e. The fourth-order valence-electron chi connectivity index (χ4n) is 2.61. The summed E-state index contributed by atoms with van der Waals surface area (Å²) in [6.07, 6.45) is 3.11. The maximum atomic E-state index is 5.62. The van der Waals surface area contributed by atoms with E-state index >= 15 is 0 Å². The molecule has 2 nitrogen and oxygen atoms in total. The molecule has 2 aromatic carbocycles. The van der Waals surface area contributed by atoms with Crippen molar-refractivity contribution in [2.75, 3.05) is 13.1 Å². The van der Waals surface area contributed by atoms with Crippen molar-refractivity contribution in [1.82, 2.24) is 5.32 Å². The first-order valence-corrected chi connectivity index (χ1v) is 7.83. The highest BCUT2D eigenvalue weighted by molar-refractivity contribution is 5.24. The largest absolute Gasteiger partial charge is 0.330 e. The standard InChI is InChI=1S/C19H26N2/c1-16(21-13-11-17-6-3-2-4-7-17)14-19-9-5-8-18(15-19)10-12-20/h2-9,15-16,21H,10-14,20H2,1H3/t16-/m1/s1. The quantitative estimate of drug-likeness (QED) is 0.781. The third kappa shape index (κ3) is 5.70. The van der Waals surface area contributed by atoms with Gasteiger partial charge in [0.2, 0.25) is 0 Å². The van der Waals surface area contributed by atoms with Crippen LogP contribution >= 0.6 is 0 Å². The van der Waals surface area contributed by atoms with E-state index in [0.717, 1.165) is 25.8 Å². The molecule has 112 valence electrons. The van der Waals surface area contributed by atoms with Crippen LogP contribution in [-0.2, 0) is 19.3 Å². The number of rotatable bonds is 8. The number of nitrogens with two attached hydrogens (primary N) is 1. The van der Waals surface area contributed by atoms with Crippen molar-refractivity contribution in [2.24, 2.45) is 5.73 Å². The molecule has 2 rings (SSSR count). The molecule has 0 fully saturated rings. The van der Waals surface area contributed by atoms with Gasteiger partial charge in [0.1, 0.15) is 0 Å². The van der Waals surface area contributed by atoms with Gasteiger partial charge in [-0.25, -0.2) is 0 Å². The molecule has 0 aromatic heterocycles. The topological polar surface area (TPSA) is 38.0 Å². The molecule has 1 atom stereocenters. The second kappa shape index (κ2) is 8.60. The molecule has 0 saturated heterocycles. The van der Waals surface area contributed by atoms with Crippen LogP contribution < -0.4 is 11.1 Å². The summed E-state index contributed by atoms with van der Waals surface area (Å²) in [5.41, 5.74) is 9.74. The van der Waals surface area contributed by atoms with E-state index in [9.17, 15) is 0 Å². The zero-order valence-corrected chi connectivity index (χ0v) is 12.9. The van der Waals surface area contributed by atoms with Crippen LogP contribution in [0.2, 0.25) is 0 Å². The summed E-state index contributed by atoms with van der Waals surface area (Å²) in [4.78, 5) is 0. The predicted molar refractivity (Wildman–Crippen MR) is 90.5 cm³/mol. The van der Waals surface area contributed by atoms with Gasteiger partial charge in [0, 0.05) is 6.04 Å². The lowest BCUT2D eigenvalue weighted by Crippen LogP contribution is -2.30. The van der Waals surface area contributed by atoms with E-state index in [-0.39, 0.29) is 0 Å². The van der Waals surface area contributed by atoms with Gasteiger partial charge in [-0.15, -0.1) is 0 Å². The summed E-state index contributed by atoms with van der Waals surface area (Å²) in [6.45, 7) is 3.99. The SMILES string of the molecule is C[C@H](Cc1cccc(CCN)c1)NCCc1ccccc1. The Morgan fingerprint density at radius 3 is 2.38 bits per heavy atom. The van der Waals surface area contributed by atoms with E-state index in [0.29, 0.717) is 12.6 Å². The molecule has 0 heterocycles. The van der Waals surface area contributed by atoms with Crippen LogP contribution in [0.4, 0.5) is 0 Å². The van der Waals surface area contributed by atoms with Gasteiger partial charge in [-0.3, -0.25) is 0 Å². The van der Waals surface area contributed by atoms with Gasteiger partial charge in [0.25, 0.3) is 0 Å². The Morgan fingerprint density at radius 2 is 1.62 bits per heavy atom. The van der Waals surface area contributed by atoms with Crippen molar-refractivity contribution in [3.05, 3.63) is 71.3 Å². The molecular formula is C19H26N2. The van der Waals surface area contributed by atoms with Crippen molar-refractivity contribution in [2.45, 2.75) is 32.2 Å². The van der Waals surface area contributed by atoms with E-state index < -0.39 is 0 Å². The Labute approximate surface area is 128 Å². The highest BCUT2D eigenvalue weighted by Crippen LogP contribution is 2.08. The lowest BCUT2D eigenvalue weighted by atomic mass is 10.0. The van der Waals surface area contributed by atoms with Gasteiger partial charge in [-0.1, -0.05) is 54.6 Å². The van der Waals surface area contributed by atoms with Gasteiger partial charge in [0.05, 0.1) is 0 Å². The summed E-state index contributed by atoms with van der Waals surface area (Å²) in [6, 6.07) is 19.9. The van der Waals surface area contributed by atoms with Crippen LogP contribution in [0.25, 0.3) is 0 Å². The smallest absolute Gasteiger partial charge is 0.00792 e. The first-order chi connectivity index (χ1) is 10.3. The molecule has 2 aromatic rings. The van der Waals surface area contributed by atoms with Crippen LogP contribution in [0.3, 0.4) is 0 Å². The van der Waals surface area contributed by atoms with Crippen LogP contribution in [0.15, 0.2) is 54.6 Å². The lowest BCUT2D eigenvalue weighted by molar-refractivity contribution is 0.548. The van der Waals surface area contributed by atoms with Crippen LogP contribution in [0.5, 0.6) is 0 Å². The van der Waals surface area contributed by atoms with Gasteiger partial charge in [-0.2, -0.15) is 0 Å². The van der Waals surface area contributed by atoms with E-state index in [1.807, 2.05) is 0 Å². The van der Waals surface area contributed by atoms with Gasteiger partial charge in [-0.05, 0) is 56.0 Å². The fraction of sp³-hybridized carbons (Fsp3) is 0.368. The third-order valence-electron chi connectivity index (χ3n) is 3.72. The van der Waals surface area contributed by atoms with Crippen molar-refractivity contribution in [1.29, 1.82) is 0 Å². The Bertz CT molecular complexity index is 522. The van der Waals surface area contributed by atoms with E-state index in [1.54, 1.807) is 0 Å². The fourth-order valence-corrected chi connectivity index (χ4v) is 2.61. The van der Waals surface area contributed by atoms with Crippen LogP contribution in [0, 0.1) is 0 Å². The second-order valence-corrected chi connectivity index (χ2v) is 5.65. The third-order valence-corrected chi connectivity index (χ3v) is 3.72. The van der Waals surface area contributed by atoms with Gasteiger partial charge in [0.15, 0.2) is 0 Å². The normalized spacial score (nSPS) is 12.3. The average Bonchev–Trinajstić information content (AvgIpc) is 2.49. The maximum Gasteiger partial charge on any atom is 0.00792 e. The van der Waals surface area contributed by atoms with Crippen molar-refractivity contribution >= 4 is 0 Å². The first-order valence-electron chi connectivity index (χ1n) is 7.83. The monoisotopic (exact) mass is 282 g/mol. The molecule has 0 amide bonds. The summed E-state index contributed by atoms with van der Waals surface area (Å²) in [5, 5.41) is 3.61. The van der Waals surface area contributed by atoms with E-state index in [1.165, 1.54) is 16.7 Å². The molecule has 0 aliphatic rings. The molecule has 0 bridgehead atoms. The van der Waals surface area contributed by atoms with Crippen molar-refractivity contribution < 1.29 is 0 Å². The predicted octanol–water partition coefficient (Wildman–Crippen LogP) is 2.95. The number of benzene rings is 2. The molecule has 21 heavy (non-hydrogen) atoms. The van der Waals surface area contributed by atoms with E-state index in [4.69, 9.17) is 5.73 Å². The van der Waals surface area contributed by atoms with Crippen LogP contribution in [-0.4, -0.2) is 19.1 Å². The Balaban J connectivity index is 1.76. The minimum absolute atomic E-state index is 0.488. The molecule has 3 N–H and O–H groups in total. The zero-order valence-electron chi connectivity index (χ0n) is 12.9. The molecule has 2 heteroatoms. The van der Waals surface area contributed by atoms with Gasteiger partial charge >= 0.3 is 0 Å². The number of hydrogen-bond donors (Lipinski definition) is 2. The van der Waals surface area contributed by atoms with E-state index in [2.05, 4.69) is 66.8 Å². The Kier molecular flexibility index (Phi) is 6.45. The molecule has 0 radical (unpaired) electrons. The van der Waals surface area contributed by atoms with Gasteiger partial charge < -0.3 is 11.1 Å². The summed E-state index contributed by atoms with van der Waals surface area (Å²) < 4.78 is 0. The lowest BCUT2D eigenvalue weighted by Gasteiger charge is -2.14. The summed E-state index contributed by atoms with van der Waals surface area (Å²) in [7, 11) is 0. The molecule has 0 saturated carbocycles. The van der Waals surface area contributed by atoms with Crippen molar-refractivity contribution in [3.8, 4) is 0 Å². The first kappa shape index (κ1) is 15.7. The molecule has 0 unspecified atom stereocenters. The molecule has 0 aliphatic carbocycles. The van der Waals surface area contributed by atoms with Crippen molar-refractivity contribution in [3.63, 3.8) is 0 Å². The maximum absolute atomic E-state index is 5.62. The Hall–Kier alpha value is -1.64. The minimum atomic E-state index is 0.488.